The molecule has 2 aromatic carbocycles. The molecule has 0 unspecified atom stereocenters. The lowest BCUT2D eigenvalue weighted by Gasteiger charge is -2.23. The van der Waals surface area contributed by atoms with E-state index in [1.807, 2.05) is 36.5 Å². The van der Waals surface area contributed by atoms with Crippen LogP contribution in [0.5, 0.6) is 11.5 Å². The summed E-state index contributed by atoms with van der Waals surface area (Å²) in [7, 11) is 1.62. The minimum Gasteiger partial charge on any atom is -0.493 e. The first kappa shape index (κ1) is 26.0. The normalized spacial score (nSPS) is 15.6. The van der Waals surface area contributed by atoms with Crippen molar-refractivity contribution >= 4 is 28.5 Å². The van der Waals surface area contributed by atoms with Crippen LogP contribution >= 0.6 is 11.3 Å². The minimum absolute atomic E-state index is 0.0348. The van der Waals surface area contributed by atoms with Gasteiger partial charge < -0.3 is 14.8 Å². The highest BCUT2D eigenvalue weighted by Gasteiger charge is 2.27. The van der Waals surface area contributed by atoms with E-state index in [0.717, 1.165) is 53.8 Å². The molecule has 0 radical (unpaired) electrons. The fourth-order valence-corrected chi connectivity index (χ4v) is 6.47. The van der Waals surface area contributed by atoms with Gasteiger partial charge in [-0.05, 0) is 85.5 Å². The molecule has 1 aromatic heterocycles. The molecule has 1 fully saturated rings. The first-order chi connectivity index (χ1) is 18.6. The Balaban J connectivity index is 1.33. The van der Waals surface area contributed by atoms with Crippen molar-refractivity contribution in [3.8, 4) is 17.6 Å². The Kier molecular flexibility index (Phi) is 8.40. The smallest absolute Gasteiger partial charge is 0.254 e. The second-order valence-corrected chi connectivity index (χ2v) is 11.0. The molecular weight excluding hydrogens is 494 g/mol. The number of hydrogen-bond donors (Lipinski definition) is 1. The van der Waals surface area contributed by atoms with E-state index in [1.54, 1.807) is 30.6 Å². The number of thiophene rings is 1. The molecule has 2 aliphatic rings. The van der Waals surface area contributed by atoms with Crippen LogP contribution in [-0.4, -0.2) is 25.3 Å². The van der Waals surface area contributed by atoms with Crippen LogP contribution in [0.3, 0.4) is 0 Å². The SMILES string of the molecule is COc1cc(C=Nc2sc3c(c2C(=O)NC2CCCCC2)CCCC3)ccc1OCc1ccc(C#N)cc1. The van der Waals surface area contributed by atoms with Crippen molar-refractivity contribution in [2.75, 3.05) is 7.11 Å². The van der Waals surface area contributed by atoms with Gasteiger partial charge in [0.05, 0.1) is 24.3 Å². The van der Waals surface area contributed by atoms with Gasteiger partial charge in [-0.3, -0.25) is 4.79 Å². The number of rotatable bonds is 8. The highest BCUT2D eigenvalue weighted by molar-refractivity contribution is 7.16. The number of hydrogen-bond acceptors (Lipinski definition) is 6. The lowest BCUT2D eigenvalue weighted by molar-refractivity contribution is 0.0927. The fourth-order valence-electron chi connectivity index (χ4n) is 5.23. The number of ether oxygens (including phenoxy) is 2. The molecule has 1 amide bonds. The summed E-state index contributed by atoms with van der Waals surface area (Å²) < 4.78 is 11.6. The van der Waals surface area contributed by atoms with E-state index in [4.69, 9.17) is 19.7 Å². The van der Waals surface area contributed by atoms with Crippen molar-refractivity contribution in [1.82, 2.24) is 5.32 Å². The van der Waals surface area contributed by atoms with Gasteiger partial charge in [0, 0.05) is 17.1 Å². The molecule has 0 saturated heterocycles. The third-order valence-electron chi connectivity index (χ3n) is 7.32. The van der Waals surface area contributed by atoms with Crippen LogP contribution in [-0.2, 0) is 19.4 Å². The van der Waals surface area contributed by atoms with Gasteiger partial charge in [-0.15, -0.1) is 11.3 Å². The van der Waals surface area contributed by atoms with Gasteiger partial charge in [-0.2, -0.15) is 5.26 Å². The summed E-state index contributed by atoms with van der Waals surface area (Å²) in [5, 5.41) is 13.1. The number of nitrogens with one attached hydrogen (secondary N) is 1. The molecule has 5 rings (SSSR count). The highest BCUT2D eigenvalue weighted by Crippen LogP contribution is 2.40. The molecule has 7 heteroatoms. The number of amides is 1. The predicted octanol–water partition coefficient (Wildman–Crippen LogP) is 6.90. The summed E-state index contributed by atoms with van der Waals surface area (Å²) in [5.74, 6) is 1.28. The van der Waals surface area contributed by atoms with Crippen molar-refractivity contribution < 1.29 is 14.3 Å². The molecule has 0 aliphatic heterocycles. The molecule has 1 heterocycles. The largest absolute Gasteiger partial charge is 0.493 e. The average Bonchev–Trinajstić information content (AvgIpc) is 3.34. The van der Waals surface area contributed by atoms with Crippen LogP contribution in [0.4, 0.5) is 5.00 Å². The Hall–Kier alpha value is -3.63. The van der Waals surface area contributed by atoms with E-state index in [9.17, 15) is 4.79 Å². The topological polar surface area (TPSA) is 83.7 Å². The van der Waals surface area contributed by atoms with Crippen LogP contribution in [0.15, 0.2) is 47.5 Å². The van der Waals surface area contributed by atoms with Crippen molar-refractivity contribution in [2.45, 2.75) is 70.4 Å². The number of nitrogens with zero attached hydrogens (tertiary/aromatic N) is 2. The van der Waals surface area contributed by atoms with Crippen LogP contribution < -0.4 is 14.8 Å². The molecule has 196 valence electrons. The number of methoxy groups -OCH3 is 1. The maximum absolute atomic E-state index is 13.4. The second-order valence-electron chi connectivity index (χ2n) is 9.97. The predicted molar refractivity (Wildman–Crippen MR) is 151 cm³/mol. The number of fused-ring (bicyclic) bond motifs is 1. The zero-order valence-corrected chi connectivity index (χ0v) is 22.6. The average molecular weight is 528 g/mol. The maximum atomic E-state index is 13.4. The molecule has 3 aromatic rings. The lowest BCUT2D eigenvalue weighted by Crippen LogP contribution is -2.36. The molecule has 0 atom stereocenters. The fraction of sp³-hybridized carbons (Fsp3) is 0.387. The first-order valence-electron chi connectivity index (χ1n) is 13.4. The summed E-state index contributed by atoms with van der Waals surface area (Å²) in [6.07, 6.45) is 11.8. The number of carbonyl (C=O) groups excluding carboxylic acids is 1. The monoisotopic (exact) mass is 527 g/mol. The van der Waals surface area contributed by atoms with E-state index in [-0.39, 0.29) is 11.9 Å². The zero-order valence-electron chi connectivity index (χ0n) is 21.8. The van der Waals surface area contributed by atoms with E-state index in [0.29, 0.717) is 23.7 Å². The molecule has 1 N–H and O–H groups in total. The first-order valence-corrected chi connectivity index (χ1v) is 14.3. The van der Waals surface area contributed by atoms with Gasteiger partial charge in [0.1, 0.15) is 11.6 Å². The van der Waals surface area contributed by atoms with Crippen LogP contribution in [0, 0.1) is 11.3 Å². The van der Waals surface area contributed by atoms with E-state index >= 15 is 0 Å². The van der Waals surface area contributed by atoms with Gasteiger partial charge in [0.15, 0.2) is 11.5 Å². The van der Waals surface area contributed by atoms with Gasteiger partial charge in [0.2, 0.25) is 0 Å². The van der Waals surface area contributed by atoms with Crippen molar-refractivity contribution in [1.29, 1.82) is 5.26 Å². The Labute approximate surface area is 228 Å². The summed E-state index contributed by atoms with van der Waals surface area (Å²) in [4.78, 5) is 19.5. The quantitative estimate of drug-likeness (QED) is 0.323. The number of aliphatic imine (C=N–C) groups is 1. The van der Waals surface area contributed by atoms with Gasteiger partial charge in [0.25, 0.3) is 5.91 Å². The number of carbonyl (C=O) groups is 1. The highest BCUT2D eigenvalue weighted by atomic mass is 32.1. The molecule has 2 aliphatic carbocycles. The van der Waals surface area contributed by atoms with E-state index in [2.05, 4.69) is 11.4 Å². The van der Waals surface area contributed by atoms with Gasteiger partial charge >= 0.3 is 0 Å². The van der Waals surface area contributed by atoms with Crippen LogP contribution in [0.25, 0.3) is 0 Å². The molecule has 6 nitrogen and oxygen atoms in total. The van der Waals surface area contributed by atoms with Gasteiger partial charge in [-0.1, -0.05) is 31.4 Å². The third-order valence-corrected chi connectivity index (χ3v) is 8.52. The summed E-state index contributed by atoms with van der Waals surface area (Å²) in [5.41, 5.74) is 4.44. The number of benzene rings is 2. The number of aryl methyl sites for hydroxylation is 1. The molecule has 1 saturated carbocycles. The summed E-state index contributed by atoms with van der Waals surface area (Å²) in [6, 6.07) is 15.4. The maximum Gasteiger partial charge on any atom is 0.254 e. The molecular formula is C31H33N3O3S. The lowest BCUT2D eigenvalue weighted by atomic mass is 9.93. The van der Waals surface area contributed by atoms with Crippen LogP contribution in [0.1, 0.15) is 82.4 Å². The van der Waals surface area contributed by atoms with Crippen molar-refractivity contribution in [3.63, 3.8) is 0 Å². The van der Waals surface area contributed by atoms with E-state index < -0.39 is 0 Å². The van der Waals surface area contributed by atoms with Crippen LogP contribution in [0.2, 0.25) is 0 Å². The molecule has 38 heavy (non-hydrogen) atoms. The van der Waals surface area contributed by atoms with E-state index in [1.165, 1.54) is 36.1 Å². The number of nitriles is 1. The zero-order chi connectivity index (χ0) is 26.3. The molecule has 0 spiro atoms. The Bertz CT molecular complexity index is 1350. The van der Waals surface area contributed by atoms with Gasteiger partial charge in [-0.25, -0.2) is 4.99 Å². The Morgan fingerprint density at radius 2 is 1.87 bits per heavy atom. The Morgan fingerprint density at radius 3 is 2.63 bits per heavy atom. The van der Waals surface area contributed by atoms with Crippen molar-refractivity contribution in [3.05, 3.63) is 75.2 Å². The second kappa shape index (κ2) is 12.3. The summed E-state index contributed by atoms with van der Waals surface area (Å²) >= 11 is 1.66. The van der Waals surface area contributed by atoms with Crippen molar-refractivity contribution in [2.24, 2.45) is 4.99 Å². The standard InChI is InChI=1S/C31H33N3O3S/c1-36-27-17-23(15-16-26(27)37-20-22-13-11-21(18-32)12-14-22)19-33-31-29(25-9-5-6-10-28(25)38-31)30(35)34-24-7-3-2-4-8-24/h11-17,19,24H,2-10,20H2,1H3,(H,34,35). The minimum atomic E-state index is 0.0348. The summed E-state index contributed by atoms with van der Waals surface area (Å²) in [6.45, 7) is 0.371. The third kappa shape index (κ3) is 6.08. The molecule has 0 bridgehead atoms. The Morgan fingerprint density at radius 1 is 1.08 bits per heavy atom.